The molecule has 1 N–H and O–H groups in total. The molecule has 2 aliphatic rings. The Bertz CT molecular complexity index is 433. The van der Waals surface area contributed by atoms with Crippen molar-refractivity contribution in [3.8, 4) is 5.75 Å². The van der Waals surface area contributed by atoms with Crippen molar-refractivity contribution in [2.24, 2.45) is 16.8 Å². The van der Waals surface area contributed by atoms with E-state index < -0.39 is 0 Å². The molecule has 0 heterocycles. The molecule has 0 aromatic heterocycles. The van der Waals surface area contributed by atoms with Gasteiger partial charge in [-0.05, 0) is 54.5 Å². The van der Waals surface area contributed by atoms with Crippen LogP contribution in [0.4, 0.5) is 0 Å². The minimum atomic E-state index is 0.306. The van der Waals surface area contributed by atoms with Crippen molar-refractivity contribution in [2.75, 3.05) is 0 Å². The normalized spacial score (nSPS) is 31.6. The molecule has 1 aromatic carbocycles. The zero-order valence-corrected chi connectivity index (χ0v) is 9.08. The van der Waals surface area contributed by atoms with Crippen molar-refractivity contribution in [2.45, 2.75) is 18.9 Å². The van der Waals surface area contributed by atoms with Crippen molar-refractivity contribution in [3.63, 3.8) is 0 Å². The Morgan fingerprint density at radius 3 is 2.69 bits per heavy atom. The SMILES string of the molecule is Oc1ccc(C=NC2[C@H]3CC=C[C@@H]2C3)cc1. The number of rotatable bonds is 2. The minimum absolute atomic E-state index is 0.306. The highest BCUT2D eigenvalue weighted by Crippen LogP contribution is 2.43. The summed E-state index contributed by atoms with van der Waals surface area (Å²) in [5.41, 5.74) is 1.06. The molecular formula is C14H15NO. The van der Waals surface area contributed by atoms with Crippen LogP contribution in [0, 0.1) is 11.8 Å². The lowest BCUT2D eigenvalue weighted by Gasteiger charge is -2.43. The molecule has 1 aromatic rings. The lowest BCUT2D eigenvalue weighted by Crippen LogP contribution is -2.41. The maximum atomic E-state index is 9.17. The van der Waals surface area contributed by atoms with Gasteiger partial charge in [-0.15, -0.1) is 0 Å². The first kappa shape index (κ1) is 9.64. The van der Waals surface area contributed by atoms with Crippen LogP contribution in [0.25, 0.3) is 0 Å². The smallest absolute Gasteiger partial charge is 0.115 e. The Morgan fingerprint density at radius 1 is 1.25 bits per heavy atom. The van der Waals surface area contributed by atoms with Crippen LogP contribution < -0.4 is 0 Å². The zero-order chi connectivity index (χ0) is 11.0. The minimum Gasteiger partial charge on any atom is -0.508 e. The van der Waals surface area contributed by atoms with Gasteiger partial charge in [-0.1, -0.05) is 12.2 Å². The first-order chi connectivity index (χ1) is 7.83. The van der Waals surface area contributed by atoms with E-state index in [-0.39, 0.29) is 0 Å². The lowest BCUT2D eigenvalue weighted by atomic mass is 9.65. The van der Waals surface area contributed by atoms with Crippen molar-refractivity contribution in [1.29, 1.82) is 0 Å². The highest BCUT2D eigenvalue weighted by Gasteiger charge is 2.40. The number of aliphatic imine (C=N–C) groups is 1. The summed E-state index contributed by atoms with van der Waals surface area (Å²) in [7, 11) is 0. The molecule has 0 radical (unpaired) electrons. The molecule has 16 heavy (non-hydrogen) atoms. The van der Waals surface area contributed by atoms with Gasteiger partial charge < -0.3 is 5.11 Å². The fraction of sp³-hybridized carbons (Fsp3) is 0.357. The molecule has 3 rings (SSSR count). The van der Waals surface area contributed by atoms with Gasteiger partial charge in [0, 0.05) is 6.21 Å². The van der Waals surface area contributed by atoms with Gasteiger partial charge in [0.1, 0.15) is 5.75 Å². The quantitative estimate of drug-likeness (QED) is 0.594. The average Bonchev–Trinajstić information content (AvgIpc) is 2.32. The number of fused-ring (bicyclic) bond motifs is 2. The summed E-state index contributed by atoms with van der Waals surface area (Å²) in [5, 5.41) is 9.17. The summed E-state index contributed by atoms with van der Waals surface area (Å²) in [6, 6.07) is 7.68. The highest BCUT2D eigenvalue weighted by atomic mass is 16.3. The Balaban J connectivity index is 1.71. The largest absolute Gasteiger partial charge is 0.508 e. The van der Waals surface area contributed by atoms with Crippen molar-refractivity contribution in [1.82, 2.24) is 0 Å². The highest BCUT2D eigenvalue weighted by molar-refractivity contribution is 5.80. The number of hydrogen-bond acceptors (Lipinski definition) is 2. The van der Waals surface area contributed by atoms with Crippen LogP contribution in [-0.4, -0.2) is 17.4 Å². The molecule has 2 aliphatic carbocycles. The molecule has 0 amide bonds. The van der Waals surface area contributed by atoms with Gasteiger partial charge >= 0.3 is 0 Å². The zero-order valence-electron chi connectivity index (χ0n) is 9.08. The van der Waals surface area contributed by atoms with E-state index in [1.807, 2.05) is 18.3 Å². The molecule has 0 aliphatic heterocycles. The van der Waals surface area contributed by atoms with Crippen LogP contribution >= 0.6 is 0 Å². The Morgan fingerprint density at radius 2 is 2.06 bits per heavy atom. The third-order valence-corrected chi connectivity index (χ3v) is 3.61. The standard InChI is InChI=1S/C14H15NO/c16-13-6-4-10(5-7-13)9-15-14-11-2-1-3-12(14)8-11/h1-2,4-7,9,11-12,14,16H,3,8H2/t11-,12+,14?/m1/s1. The van der Waals surface area contributed by atoms with E-state index in [9.17, 15) is 0 Å². The van der Waals surface area contributed by atoms with Gasteiger partial charge in [0.25, 0.3) is 0 Å². The molecule has 1 saturated carbocycles. The van der Waals surface area contributed by atoms with Gasteiger partial charge in [-0.25, -0.2) is 0 Å². The molecule has 1 unspecified atom stereocenters. The Hall–Kier alpha value is -1.57. The summed E-state index contributed by atoms with van der Waals surface area (Å²) in [6.07, 6.45) is 9.02. The molecule has 1 fully saturated rings. The monoisotopic (exact) mass is 213 g/mol. The molecule has 2 heteroatoms. The first-order valence-electron chi connectivity index (χ1n) is 5.82. The van der Waals surface area contributed by atoms with E-state index in [1.54, 1.807) is 12.1 Å². The van der Waals surface area contributed by atoms with Crippen molar-refractivity contribution in [3.05, 3.63) is 42.0 Å². The van der Waals surface area contributed by atoms with E-state index in [0.717, 1.165) is 11.5 Å². The van der Waals surface area contributed by atoms with Crippen LogP contribution in [0.3, 0.4) is 0 Å². The first-order valence-corrected chi connectivity index (χ1v) is 5.82. The summed E-state index contributed by atoms with van der Waals surface area (Å²) in [4.78, 5) is 4.66. The summed E-state index contributed by atoms with van der Waals surface area (Å²) in [5.74, 6) is 1.75. The second-order valence-corrected chi connectivity index (χ2v) is 4.68. The third-order valence-electron chi connectivity index (χ3n) is 3.61. The van der Waals surface area contributed by atoms with Crippen LogP contribution in [0.1, 0.15) is 18.4 Å². The predicted octanol–water partition coefficient (Wildman–Crippen LogP) is 2.78. The fourth-order valence-electron chi connectivity index (χ4n) is 2.60. The van der Waals surface area contributed by atoms with E-state index in [0.29, 0.717) is 17.7 Å². The average molecular weight is 213 g/mol. The van der Waals surface area contributed by atoms with Crippen LogP contribution in [-0.2, 0) is 0 Å². The van der Waals surface area contributed by atoms with E-state index in [2.05, 4.69) is 17.1 Å². The van der Waals surface area contributed by atoms with Gasteiger partial charge in [0.2, 0.25) is 0 Å². The van der Waals surface area contributed by atoms with Gasteiger partial charge in [-0.3, -0.25) is 4.99 Å². The number of aromatic hydroxyl groups is 1. The lowest BCUT2D eigenvalue weighted by molar-refractivity contribution is 0.176. The Kier molecular flexibility index (Phi) is 2.28. The molecular weight excluding hydrogens is 198 g/mol. The van der Waals surface area contributed by atoms with Crippen molar-refractivity contribution < 1.29 is 5.11 Å². The molecule has 0 spiro atoms. The third kappa shape index (κ3) is 1.64. The number of phenolic OH excluding ortho intramolecular Hbond substituents is 1. The molecule has 2 nitrogen and oxygen atoms in total. The topological polar surface area (TPSA) is 32.6 Å². The van der Waals surface area contributed by atoms with E-state index in [1.165, 1.54) is 12.8 Å². The number of allylic oxidation sites excluding steroid dienone is 1. The van der Waals surface area contributed by atoms with Gasteiger partial charge in [-0.2, -0.15) is 0 Å². The summed E-state index contributed by atoms with van der Waals surface area (Å²) < 4.78 is 0. The second kappa shape index (κ2) is 3.78. The number of benzene rings is 1. The number of phenols is 1. The van der Waals surface area contributed by atoms with Gasteiger partial charge in [0.15, 0.2) is 0 Å². The maximum absolute atomic E-state index is 9.17. The van der Waals surface area contributed by atoms with E-state index >= 15 is 0 Å². The van der Waals surface area contributed by atoms with Crippen LogP contribution in [0.2, 0.25) is 0 Å². The number of nitrogens with zero attached hydrogens (tertiary/aromatic N) is 1. The molecule has 3 atom stereocenters. The summed E-state index contributed by atoms with van der Waals surface area (Å²) >= 11 is 0. The predicted molar refractivity (Wildman–Crippen MR) is 64.8 cm³/mol. The molecule has 82 valence electrons. The van der Waals surface area contributed by atoms with Crippen molar-refractivity contribution >= 4 is 6.21 Å². The molecule has 2 bridgehead atoms. The van der Waals surface area contributed by atoms with E-state index in [4.69, 9.17) is 5.11 Å². The number of hydrogen-bond donors (Lipinski definition) is 1. The fourth-order valence-corrected chi connectivity index (χ4v) is 2.60. The second-order valence-electron chi connectivity index (χ2n) is 4.68. The summed E-state index contributed by atoms with van der Waals surface area (Å²) in [6.45, 7) is 0. The Labute approximate surface area is 95.3 Å². The van der Waals surface area contributed by atoms with Gasteiger partial charge in [0.05, 0.1) is 6.04 Å². The maximum Gasteiger partial charge on any atom is 0.115 e. The van der Waals surface area contributed by atoms with Crippen LogP contribution in [0.5, 0.6) is 5.75 Å². The van der Waals surface area contributed by atoms with Crippen LogP contribution in [0.15, 0.2) is 41.4 Å². The molecule has 0 saturated heterocycles.